The summed E-state index contributed by atoms with van der Waals surface area (Å²) in [6.45, 7) is 11.1. The normalized spacial score (nSPS) is 14.6. The van der Waals surface area contributed by atoms with Crippen LogP contribution in [0.4, 0.5) is 0 Å². The predicted octanol–water partition coefficient (Wildman–Crippen LogP) is 16.1. The van der Waals surface area contributed by atoms with Crippen LogP contribution >= 0.6 is 11.3 Å². The first kappa shape index (κ1) is 38.8. The molecule has 0 radical (unpaired) electrons. The molecule has 1 heterocycles. The van der Waals surface area contributed by atoms with Crippen LogP contribution in [0.15, 0.2) is 210 Å². The lowest BCUT2D eigenvalue weighted by atomic mass is 9.79. The summed E-state index contributed by atoms with van der Waals surface area (Å²) in [6, 6.07) is 60.6. The Morgan fingerprint density at radius 1 is 0.650 bits per heavy atom. The predicted molar refractivity (Wildman–Crippen MR) is 260 cm³/mol. The number of amidine groups is 1. The Balaban J connectivity index is 1.07. The fourth-order valence-corrected chi connectivity index (χ4v) is 9.93. The summed E-state index contributed by atoms with van der Waals surface area (Å²) in [6.07, 6.45) is 7.86. The quantitative estimate of drug-likeness (QED) is 0.0973. The Morgan fingerprint density at radius 3 is 2.08 bits per heavy atom. The molecule has 1 aliphatic carbocycles. The number of aliphatic imine (C=N–C) groups is 2. The molecule has 1 unspecified atom stereocenters. The van der Waals surface area contributed by atoms with Crippen molar-refractivity contribution < 1.29 is 0 Å². The van der Waals surface area contributed by atoms with Crippen molar-refractivity contribution >= 4 is 48.8 Å². The molecule has 3 heteroatoms. The highest BCUT2D eigenvalue weighted by Gasteiger charge is 2.22. The Morgan fingerprint density at radius 2 is 1.32 bits per heavy atom. The van der Waals surface area contributed by atoms with E-state index in [-0.39, 0.29) is 0 Å². The van der Waals surface area contributed by atoms with E-state index in [2.05, 4.69) is 209 Å². The van der Waals surface area contributed by atoms with Crippen molar-refractivity contribution in [2.24, 2.45) is 9.98 Å². The van der Waals surface area contributed by atoms with Crippen LogP contribution in [-0.4, -0.2) is 11.5 Å². The lowest BCUT2D eigenvalue weighted by Gasteiger charge is -2.26. The molecule has 0 N–H and O–H groups in total. The summed E-state index contributed by atoms with van der Waals surface area (Å²) < 4.78 is 2.59. The first-order valence-electron chi connectivity index (χ1n) is 21.0. The number of aryl methyl sites for hydroxylation is 1. The maximum absolute atomic E-state index is 5.32. The van der Waals surface area contributed by atoms with Gasteiger partial charge in [0.05, 0.1) is 5.70 Å². The van der Waals surface area contributed by atoms with E-state index < -0.39 is 0 Å². The van der Waals surface area contributed by atoms with Crippen molar-refractivity contribution in [1.82, 2.24) is 0 Å². The second kappa shape index (κ2) is 17.3. The Kier molecular flexibility index (Phi) is 11.2. The first-order valence-corrected chi connectivity index (χ1v) is 21.8. The van der Waals surface area contributed by atoms with E-state index in [0.29, 0.717) is 17.5 Å². The first-order chi connectivity index (χ1) is 29.4. The average molecular weight is 793 g/mol. The van der Waals surface area contributed by atoms with Crippen LogP contribution in [0.5, 0.6) is 0 Å². The summed E-state index contributed by atoms with van der Waals surface area (Å²) in [4.78, 5) is 10.5. The molecule has 0 saturated heterocycles. The second-order valence-electron chi connectivity index (χ2n) is 15.7. The molecule has 9 rings (SSSR count). The number of rotatable bonds is 10. The van der Waals surface area contributed by atoms with Gasteiger partial charge in [-0.3, -0.25) is 0 Å². The van der Waals surface area contributed by atoms with Crippen molar-refractivity contribution in [3.63, 3.8) is 0 Å². The van der Waals surface area contributed by atoms with Crippen LogP contribution in [0, 0.1) is 6.92 Å². The van der Waals surface area contributed by atoms with Crippen molar-refractivity contribution in [3.8, 4) is 33.4 Å². The van der Waals surface area contributed by atoms with Crippen LogP contribution in [0.25, 0.3) is 59.3 Å². The molecule has 2 nitrogen and oxygen atoms in total. The Labute approximate surface area is 358 Å². The molecule has 0 saturated carbocycles. The van der Waals surface area contributed by atoms with Gasteiger partial charge >= 0.3 is 0 Å². The maximum atomic E-state index is 5.32. The Bertz CT molecular complexity index is 2980. The highest BCUT2D eigenvalue weighted by molar-refractivity contribution is 7.26. The highest BCUT2D eigenvalue weighted by Crippen LogP contribution is 2.44. The van der Waals surface area contributed by atoms with E-state index in [1.54, 1.807) is 0 Å². The van der Waals surface area contributed by atoms with Crippen molar-refractivity contribution in [2.75, 3.05) is 0 Å². The SMILES string of the molecule is C=C(/N=C(\N=C(/C)C1=CCC(c2ccccc2C)C(CCC)=C1)c1cccc(-c2ccccc2)c1)c1ccc(-c2cccc3c2sc2cccc(-c4ccccc4)c23)cc1. The number of thiophene rings is 1. The zero-order chi connectivity index (χ0) is 41.0. The summed E-state index contributed by atoms with van der Waals surface area (Å²) in [7, 11) is 0. The molecule has 8 aromatic rings. The van der Waals surface area contributed by atoms with Gasteiger partial charge in [-0.2, -0.15) is 0 Å². The molecule has 1 aliphatic rings. The number of allylic oxidation sites excluding steroid dienone is 4. The monoisotopic (exact) mass is 792 g/mol. The third kappa shape index (κ3) is 7.89. The zero-order valence-corrected chi connectivity index (χ0v) is 35.3. The van der Waals surface area contributed by atoms with Gasteiger partial charge in [-0.25, -0.2) is 9.98 Å². The van der Waals surface area contributed by atoms with Gasteiger partial charge in [0, 0.05) is 37.4 Å². The molecule has 0 bridgehead atoms. The number of hydrogen-bond donors (Lipinski definition) is 0. The van der Waals surface area contributed by atoms with E-state index in [0.717, 1.165) is 52.8 Å². The van der Waals surface area contributed by atoms with Crippen molar-refractivity contribution in [2.45, 2.75) is 46.0 Å². The van der Waals surface area contributed by atoms with Gasteiger partial charge in [-0.1, -0.05) is 195 Å². The fourth-order valence-electron chi connectivity index (χ4n) is 8.66. The number of fused-ring (bicyclic) bond motifs is 3. The largest absolute Gasteiger partial charge is 0.233 e. The van der Waals surface area contributed by atoms with Crippen molar-refractivity contribution in [3.05, 3.63) is 222 Å². The summed E-state index contributed by atoms with van der Waals surface area (Å²) in [5.74, 6) is 1.04. The van der Waals surface area contributed by atoms with E-state index in [4.69, 9.17) is 9.98 Å². The van der Waals surface area contributed by atoms with Gasteiger partial charge in [-0.05, 0) is 94.5 Å². The molecular weight excluding hydrogens is 745 g/mol. The van der Waals surface area contributed by atoms with Crippen LogP contribution < -0.4 is 0 Å². The van der Waals surface area contributed by atoms with Gasteiger partial charge in [0.2, 0.25) is 0 Å². The number of nitrogens with zero attached hydrogens (tertiary/aromatic N) is 2. The molecule has 1 atom stereocenters. The molecular formula is C57H48N2S. The summed E-state index contributed by atoms with van der Waals surface area (Å²) in [5, 5.41) is 2.60. The summed E-state index contributed by atoms with van der Waals surface area (Å²) >= 11 is 1.86. The van der Waals surface area contributed by atoms with Gasteiger partial charge in [0.15, 0.2) is 5.84 Å². The van der Waals surface area contributed by atoms with Gasteiger partial charge in [0.25, 0.3) is 0 Å². The molecule has 1 aromatic heterocycles. The minimum atomic E-state index is 0.388. The highest BCUT2D eigenvalue weighted by atomic mass is 32.1. The molecule has 292 valence electrons. The molecule has 60 heavy (non-hydrogen) atoms. The third-order valence-corrected chi connectivity index (χ3v) is 13.0. The van der Waals surface area contributed by atoms with E-state index in [9.17, 15) is 0 Å². The van der Waals surface area contributed by atoms with E-state index in [1.807, 2.05) is 11.3 Å². The number of benzene rings is 7. The molecule has 0 fully saturated rings. The van der Waals surface area contributed by atoms with Crippen LogP contribution in [0.2, 0.25) is 0 Å². The average Bonchev–Trinajstić information content (AvgIpc) is 3.69. The van der Waals surface area contributed by atoms with Crippen LogP contribution in [-0.2, 0) is 0 Å². The lowest BCUT2D eigenvalue weighted by molar-refractivity contribution is 0.721. The third-order valence-electron chi connectivity index (χ3n) is 11.8. The Hall–Kier alpha value is -6.68. The minimum absolute atomic E-state index is 0.388. The number of hydrogen-bond acceptors (Lipinski definition) is 2. The second-order valence-corrected chi connectivity index (χ2v) is 16.8. The minimum Gasteiger partial charge on any atom is -0.233 e. The van der Waals surface area contributed by atoms with E-state index >= 15 is 0 Å². The topological polar surface area (TPSA) is 24.7 Å². The molecule has 0 spiro atoms. The summed E-state index contributed by atoms with van der Waals surface area (Å²) in [5.41, 5.74) is 16.1. The molecule has 0 aliphatic heterocycles. The van der Waals surface area contributed by atoms with Gasteiger partial charge in [-0.15, -0.1) is 11.3 Å². The molecule has 7 aromatic carbocycles. The standard InChI is InChI=1S/C57H48N2S/c1-5-17-47-36-45(34-35-50(47)49-25-13-12-18-38(49)2)40(4)59-57(48-24-14-23-46(37-48)42-19-8-6-9-20-42)58-39(3)41-30-32-44(33-31-41)52-27-15-28-53-55-51(43-21-10-7-11-22-43)26-16-29-54(55)60-56(52)53/h6-16,18-34,36-37,50H,3,5,17,35H2,1-2,4H3/b58-57-,59-40+. The fraction of sp³-hybridized carbons (Fsp3) is 0.123. The van der Waals surface area contributed by atoms with Gasteiger partial charge in [0.1, 0.15) is 0 Å². The smallest absolute Gasteiger partial charge is 0.160 e. The molecule has 0 amide bonds. The van der Waals surface area contributed by atoms with Crippen LogP contribution in [0.3, 0.4) is 0 Å². The van der Waals surface area contributed by atoms with E-state index in [1.165, 1.54) is 59.1 Å². The maximum Gasteiger partial charge on any atom is 0.160 e. The van der Waals surface area contributed by atoms with Crippen molar-refractivity contribution in [1.29, 1.82) is 0 Å². The van der Waals surface area contributed by atoms with Crippen LogP contribution in [0.1, 0.15) is 61.3 Å². The lowest BCUT2D eigenvalue weighted by Crippen LogP contribution is -2.12. The zero-order valence-electron chi connectivity index (χ0n) is 34.5. The van der Waals surface area contributed by atoms with Gasteiger partial charge < -0.3 is 0 Å².